The summed E-state index contributed by atoms with van der Waals surface area (Å²) >= 11 is 5.68. The number of carbonyl (C=O) groups excluding carboxylic acids is 1. The van der Waals surface area contributed by atoms with Crippen molar-refractivity contribution in [2.45, 2.75) is 30.7 Å². The fourth-order valence-electron chi connectivity index (χ4n) is 4.70. The maximum Gasteiger partial charge on any atom is 0.329 e. The highest BCUT2D eigenvalue weighted by molar-refractivity contribution is 8.16. The second kappa shape index (κ2) is 13.0. The second-order valence-electron chi connectivity index (χ2n) is 11.1. The zero-order valence-corrected chi connectivity index (χ0v) is 28.3. The molecule has 7 rings (SSSR count). The van der Waals surface area contributed by atoms with Crippen molar-refractivity contribution in [3.8, 4) is 5.75 Å². The van der Waals surface area contributed by atoms with Gasteiger partial charge in [0.1, 0.15) is 38.5 Å². The molecule has 0 radical (unpaired) electrons. The standard InChI is InChI=1S/C18H14N4O3S2.C13H12N2O3S2/c1-22-6-2-3-10(8-22)15(23)19-11-4-5-12-14(7-11)27-17(20-12)16-21-13(9-26-16)18(24)25;1-13(2)9(12(17)18)15-11(20-13)10-14-7-4-3-6(16)5-8(7)19-10/h2-8,13H,9H2,1H3,(H-,19,21,23,24,25);3-5,9,16H,1-2H3,(H,17,18)/p+1/t13-;9-/m10/s1. The molecule has 4 N–H and O–H groups in total. The van der Waals surface area contributed by atoms with E-state index in [-0.39, 0.29) is 11.7 Å². The second-order valence-corrected chi connectivity index (χ2v) is 15.8. The molecule has 0 fully saturated rings. The summed E-state index contributed by atoms with van der Waals surface area (Å²) in [7, 11) is 1.86. The summed E-state index contributed by atoms with van der Waals surface area (Å²) in [6.45, 7) is 3.73. The van der Waals surface area contributed by atoms with Gasteiger partial charge in [0, 0.05) is 22.3 Å². The number of aliphatic carboxylic acids is 2. The SMILES string of the molecule is CC1(C)SC(c2nc3ccc(O)cc3s2)=N[C@H]1C(=O)O.C[n+]1cccc(C(=O)Nc2ccc3nc(C4=N[C@@H](C(=O)O)CS4)sc3c2)c1. The number of carbonyl (C=O) groups is 3. The number of hydrogen-bond acceptors (Lipinski definition) is 12. The van der Waals surface area contributed by atoms with Gasteiger partial charge < -0.3 is 20.6 Å². The van der Waals surface area contributed by atoms with Crippen LogP contribution >= 0.6 is 46.2 Å². The first-order valence-corrected chi connectivity index (χ1v) is 17.5. The highest BCUT2D eigenvalue weighted by atomic mass is 32.2. The summed E-state index contributed by atoms with van der Waals surface area (Å²) in [6.07, 6.45) is 3.62. The molecule has 0 saturated heterocycles. The van der Waals surface area contributed by atoms with Crippen LogP contribution in [0.5, 0.6) is 5.75 Å². The lowest BCUT2D eigenvalue weighted by molar-refractivity contribution is -0.671. The van der Waals surface area contributed by atoms with Gasteiger partial charge in [0.2, 0.25) is 0 Å². The van der Waals surface area contributed by atoms with E-state index in [2.05, 4.69) is 25.3 Å². The van der Waals surface area contributed by atoms with Crippen LogP contribution in [0.25, 0.3) is 20.4 Å². The number of benzene rings is 2. The molecule has 12 nitrogen and oxygen atoms in total. The minimum absolute atomic E-state index is 0.185. The van der Waals surface area contributed by atoms with Crippen LogP contribution in [-0.2, 0) is 16.6 Å². The van der Waals surface area contributed by atoms with E-state index in [1.54, 1.807) is 36.5 Å². The zero-order valence-electron chi connectivity index (χ0n) is 25.1. The van der Waals surface area contributed by atoms with Gasteiger partial charge in [-0.15, -0.1) is 34.4 Å². The monoisotopic (exact) mass is 707 g/mol. The van der Waals surface area contributed by atoms with Crippen molar-refractivity contribution in [2.75, 3.05) is 11.1 Å². The molecule has 0 spiro atoms. The van der Waals surface area contributed by atoms with Crippen molar-refractivity contribution in [2.24, 2.45) is 17.0 Å². The molecule has 3 aromatic heterocycles. The number of phenols is 1. The number of carboxylic acid groups (broad SMARTS) is 2. The Kier molecular flexibility index (Phi) is 9.02. The minimum Gasteiger partial charge on any atom is -0.508 e. The Morgan fingerprint density at radius 1 is 0.915 bits per heavy atom. The van der Waals surface area contributed by atoms with Crippen molar-refractivity contribution in [1.82, 2.24) is 9.97 Å². The maximum atomic E-state index is 12.4. The third kappa shape index (κ3) is 7.15. The number of aryl methyl sites for hydroxylation is 1. The van der Waals surface area contributed by atoms with E-state index in [0.717, 1.165) is 20.4 Å². The Labute approximate surface area is 284 Å². The van der Waals surface area contributed by atoms with Crippen LogP contribution in [0.3, 0.4) is 0 Å². The molecule has 5 heterocycles. The highest BCUT2D eigenvalue weighted by Crippen LogP contribution is 2.41. The predicted molar refractivity (Wildman–Crippen MR) is 187 cm³/mol. The van der Waals surface area contributed by atoms with Gasteiger partial charge in [-0.05, 0) is 56.3 Å². The number of amides is 1. The summed E-state index contributed by atoms with van der Waals surface area (Å²) in [5.74, 6) is -1.40. The molecule has 2 aliphatic heterocycles. The van der Waals surface area contributed by atoms with E-state index in [9.17, 15) is 24.6 Å². The number of hydrogen-bond donors (Lipinski definition) is 4. The molecule has 2 aromatic carbocycles. The topological polar surface area (TPSA) is 178 Å². The molecule has 5 aromatic rings. The zero-order chi connectivity index (χ0) is 33.5. The van der Waals surface area contributed by atoms with Gasteiger partial charge >= 0.3 is 11.9 Å². The molecule has 1 amide bonds. The molecule has 47 heavy (non-hydrogen) atoms. The van der Waals surface area contributed by atoms with Crippen LogP contribution in [0.15, 0.2) is 70.9 Å². The van der Waals surface area contributed by atoms with E-state index in [1.165, 1.54) is 46.2 Å². The van der Waals surface area contributed by atoms with Crippen LogP contribution in [0.2, 0.25) is 0 Å². The van der Waals surface area contributed by atoms with Crippen LogP contribution in [0.1, 0.15) is 34.2 Å². The summed E-state index contributed by atoms with van der Waals surface area (Å²) in [6, 6.07) is 12.6. The van der Waals surface area contributed by atoms with Crippen molar-refractivity contribution < 1.29 is 34.3 Å². The molecule has 240 valence electrons. The summed E-state index contributed by atoms with van der Waals surface area (Å²) in [5.41, 5.74) is 2.82. The number of thioether (sulfide) groups is 2. The Bertz CT molecular complexity index is 2120. The smallest absolute Gasteiger partial charge is 0.329 e. The van der Waals surface area contributed by atoms with E-state index in [1.807, 2.05) is 49.9 Å². The lowest BCUT2D eigenvalue weighted by Crippen LogP contribution is -2.34. The number of aromatic hydroxyl groups is 1. The molecule has 16 heteroatoms. The van der Waals surface area contributed by atoms with Gasteiger partial charge in [-0.2, -0.15) is 0 Å². The summed E-state index contributed by atoms with van der Waals surface area (Å²) < 4.78 is 3.10. The van der Waals surface area contributed by atoms with Crippen LogP contribution in [-0.4, -0.2) is 75.8 Å². The van der Waals surface area contributed by atoms with Crippen LogP contribution < -0.4 is 9.88 Å². The van der Waals surface area contributed by atoms with Crippen molar-refractivity contribution in [1.29, 1.82) is 0 Å². The quantitative estimate of drug-likeness (QED) is 0.175. The van der Waals surface area contributed by atoms with E-state index < -0.39 is 28.8 Å². The predicted octanol–water partition coefficient (Wildman–Crippen LogP) is 5.05. The van der Waals surface area contributed by atoms with Crippen LogP contribution in [0.4, 0.5) is 5.69 Å². The average molecular weight is 708 g/mol. The number of carboxylic acids is 2. The first-order valence-electron chi connectivity index (χ1n) is 14.1. The molecule has 0 bridgehead atoms. The normalized spacial score (nSPS) is 18.4. The number of nitrogens with zero attached hydrogens (tertiary/aromatic N) is 5. The Morgan fingerprint density at radius 2 is 1.60 bits per heavy atom. The average Bonchev–Trinajstić information content (AvgIpc) is 3.81. The fraction of sp³-hybridized carbons (Fsp3) is 0.226. The first-order chi connectivity index (χ1) is 22.4. The van der Waals surface area contributed by atoms with Gasteiger partial charge in [-0.1, -0.05) is 11.8 Å². The van der Waals surface area contributed by atoms with E-state index in [4.69, 9.17) is 5.11 Å². The summed E-state index contributed by atoms with van der Waals surface area (Å²) in [5, 5.41) is 33.4. The van der Waals surface area contributed by atoms with Gasteiger partial charge in [0.15, 0.2) is 24.5 Å². The van der Waals surface area contributed by atoms with Crippen molar-refractivity contribution >= 4 is 100 Å². The maximum absolute atomic E-state index is 12.4. The number of aromatic nitrogens is 3. The Balaban J connectivity index is 0.000000172. The number of fused-ring (bicyclic) bond motifs is 2. The number of nitrogens with one attached hydrogen (secondary N) is 1. The number of rotatable bonds is 6. The van der Waals surface area contributed by atoms with Gasteiger partial charge in [0.25, 0.3) is 5.91 Å². The molecule has 0 unspecified atom stereocenters. The third-order valence-corrected chi connectivity index (χ3v) is 11.6. The van der Waals surface area contributed by atoms with Gasteiger partial charge in [-0.25, -0.2) is 24.1 Å². The Hall–Kier alpha value is -4.38. The van der Waals surface area contributed by atoms with Crippen molar-refractivity contribution in [3.63, 3.8) is 0 Å². The molecule has 2 aliphatic rings. The molecule has 0 saturated carbocycles. The lowest BCUT2D eigenvalue weighted by atomic mass is 10.0. The Morgan fingerprint density at radius 3 is 2.23 bits per heavy atom. The van der Waals surface area contributed by atoms with Crippen molar-refractivity contribution in [3.05, 3.63) is 76.5 Å². The minimum atomic E-state index is -0.920. The molecular weight excluding hydrogens is 681 g/mol. The van der Waals surface area contributed by atoms with Gasteiger partial charge in [-0.3, -0.25) is 14.8 Å². The lowest BCUT2D eigenvalue weighted by Gasteiger charge is -2.19. The number of phenolic OH excluding ortho intramolecular Hbond substituents is 1. The fourth-order valence-corrected chi connectivity index (χ4v) is 8.99. The third-order valence-electron chi connectivity index (χ3n) is 7.02. The largest absolute Gasteiger partial charge is 0.508 e. The number of aliphatic imine (C=N–C) groups is 2. The molecule has 0 aliphatic carbocycles. The highest BCUT2D eigenvalue weighted by Gasteiger charge is 2.43. The van der Waals surface area contributed by atoms with E-state index >= 15 is 0 Å². The number of pyridine rings is 1. The first kappa shape index (κ1) is 32.6. The van der Waals surface area contributed by atoms with E-state index in [0.29, 0.717) is 37.1 Å². The summed E-state index contributed by atoms with van der Waals surface area (Å²) in [4.78, 5) is 52.2. The molecular formula is C31H27N6O6S4+. The molecule has 2 atom stereocenters. The van der Waals surface area contributed by atoms with Gasteiger partial charge in [0.05, 0.1) is 20.4 Å². The number of thiazole rings is 2. The number of anilines is 1. The van der Waals surface area contributed by atoms with Crippen LogP contribution in [0, 0.1) is 0 Å².